The molecule has 23 heavy (non-hydrogen) atoms. The first-order valence-electron chi connectivity index (χ1n) is 8.28. The zero-order valence-electron chi connectivity index (χ0n) is 14.3. The first-order valence-corrected chi connectivity index (χ1v) is 9.22. The minimum Gasteiger partial charge on any atom is -0.493 e. The number of thioether (sulfide) groups is 1. The molecule has 1 saturated carbocycles. The molecule has 1 N–H and O–H groups in total. The van der Waals surface area contributed by atoms with Gasteiger partial charge in [0.15, 0.2) is 11.5 Å². The lowest BCUT2D eigenvalue weighted by Crippen LogP contribution is -2.32. The fourth-order valence-corrected chi connectivity index (χ4v) is 4.26. The summed E-state index contributed by atoms with van der Waals surface area (Å²) in [4.78, 5) is 12.3. The molecule has 0 aliphatic heterocycles. The van der Waals surface area contributed by atoms with E-state index in [1.807, 2.05) is 36.9 Å². The van der Waals surface area contributed by atoms with E-state index in [4.69, 9.17) is 9.47 Å². The number of carbonyl (C=O) groups is 1. The van der Waals surface area contributed by atoms with Crippen molar-refractivity contribution in [1.82, 2.24) is 5.32 Å². The second kappa shape index (κ2) is 9.06. The van der Waals surface area contributed by atoms with Crippen LogP contribution in [0.15, 0.2) is 18.2 Å². The number of methoxy groups -OCH3 is 2. The molecule has 0 spiro atoms. The van der Waals surface area contributed by atoms with Crippen LogP contribution in [0.5, 0.6) is 11.5 Å². The summed E-state index contributed by atoms with van der Waals surface area (Å²) in [5.41, 5.74) is 1.01. The predicted molar refractivity (Wildman–Crippen MR) is 95.3 cm³/mol. The van der Waals surface area contributed by atoms with Crippen LogP contribution >= 0.6 is 11.8 Å². The van der Waals surface area contributed by atoms with E-state index in [1.54, 1.807) is 14.2 Å². The molecular formula is C18H27NO3S. The fourth-order valence-electron chi connectivity index (χ4n) is 2.88. The van der Waals surface area contributed by atoms with E-state index in [-0.39, 0.29) is 11.2 Å². The summed E-state index contributed by atoms with van der Waals surface area (Å²) in [5.74, 6) is 1.49. The summed E-state index contributed by atoms with van der Waals surface area (Å²) in [6.07, 6.45) is 6.45. The lowest BCUT2D eigenvalue weighted by Gasteiger charge is -2.23. The number of hydrogen-bond acceptors (Lipinski definition) is 4. The highest BCUT2D eigenvalue weighted by Crippen LogP contribution is 2.31. The Morgan fingerprint density at radius 2 is 1.91 bits per heavy atom. The van der Waals surface area contributed by atoms with Gasteiger partial charge in [0.25, 0.3) is 0 Å². The molecule has 5 heteroatoms. The van der Waals surface area contributed by atoms with Crippen molar-refractivity contribution in [3.05, 3.63) is 23.8 Å². The van der Waals surface area contributed by atoms with Crippen molar-refractivity contribution in [2.75, 3.05) is 14.2 Å². The third-order valence-corrected chi connectivity index (χ3v) is 5.71. The zero-order valence-corrected chi connectivity index (χ0v) is 15.1. The Labute approximate surface area is 143 Å². The van der Waals surface area contributed by atoms with Crippen LogP contribution in [0.4, 0.5) is 0 Å². The smallest absolute Gasteiger partial charge is 0.233 e. The van der Waals surface area contributed by atoms with Crippen LogP contribution in [0.2, 0.25) is 0 Å². The van der Waals surface area contributed by atoms with Crippen molar-refractivity contribution < 1.29 is 14.3 Å². The van der Waals surface area contributed by atoms with Crippen LogP contribution in [0.1, 0.15) is 44.6 Å². The molecule has 0 radical (unpaired) electrons. The molecular weight excluding hydrogens is 310 g/mol. The van der Waals surface area contributed by atoms with Crippen LogP contribution < -0.4 is 14.8 Å². The van der Waals surface area contributed by atoms with Crippen molar-refractivity contribution in [2.24, 2.45) is 0 Å². The summed E-state index contributed by atoms with van der Waals surface area (Å²) in [5, 5.41) is 3.66. The Kier molecular flexibility index (Phi) is 7.09. The first-order chi connectivity index (χ1) is 11.1. The molecule has 1 amide bonds. The van der Waals surface area contributed by atoms with Crippen LogP contribution in [-0.4, -0.2) is 30.6 Å². The topological polar surface area (TPSA) is 47.6 Å². The van der Waals surface area contributed by atoms with Crippen LogP contribution in [0.3, 0.4) is 0 Å². The Balaban J connectivity index is 1.83. The molecule has 0 saturated heterocycles. The minimum atomic E-state index is -0.00163. The number of ether oxygens (including phenoxy) is 2. The van der Waals surface area contributed by atoms with Gasteiger partial charge in [0.1, 0.15) is 0 Å². The zero-order chi connectivity index (χ0) is 16.7. The molecule has 0 aromatic heterocycles. The average molecular weight is 337 g/mol. The predicted octanol–water partition coefficient (Wildman–Crippen LogP) is 3.77. The lowest BCUT2D eigenvalue weighted by molar-refractivity contribution is -0.120. The van der Waals surface area contributed by atoms with Gasteiger partial charge >= 0.3 is 0 Å². The normalized spacial score (nSPS) is 16.7. The molecule has 4 nitrogen and oxygen atoms in total. The number of nitrogens with one attached hydrogen (secondary N) is 1. The highest BCUT2D eigenvalue weighted by molar-refractivity contribution is 8.01. The Bertz CT molecular complexity index is 515. The van der Waals surface area contributed by atoms with Crippen molar-refractivity contribution in [1.29, 1.82) is 0 Å². The third kappa shape index (κ3) is 5.34. The van der Waals surface area contributed by atoms with Gasteiger partial charge in [-0.2, -0.15) is 0 Å². The van der Waals surface area contributed by atoms with Crippen molar-refractivity contribution in [3.8, 4) is 11.5 Å². The number of rotatable bonds is 7. The van der Waals surface area contributed by atoms with Gasteiger partial charge in [-0.25, -0.2) is 0 Å². The van der Waals surface area contributed by atoms with E-state index in [2.05, 4.69) is 5.32 Å². The lowest BCUT2D eigenvalue weighted by atomic mass is 10.0. The fraction of sp³-hybridized carbons (Fsp3) is 0.611. The summed E-state index contributed by atoms with van der Waals surface area (Å²) < 4.78 is 10.5. The van der Waals surface area contributed by atoms with Gasteiger partial charge in [-0.05, 0) is 37.5 Å². The monoisotopic (exact) mass is 337 g/mol. The molecule has 0 bridgehead atoms. The number of amides is 1. The third-order valence-electron chi connectivity index (χ3n) is 4.23. The molecule has 1 fully saturated rings. The highest BCUT2D eigenvalue weighted by atomic mass is 32.2. The SMILES string of the molecule is COc1ccc(CNC(=O)C(C)SC2CCCCC2)cc1OC. The van der Waals surface area contributed by atoms with E-state index in [1.165, 1.54) is 32.1 Å². The van der Waals surface area contributed by atoms with Crippen LogP contribution in [0, 0.1) is 0 Å². The summed E-state index contributed by atoms with van der Waals surface area (Å²) >= 11 is 1.82. The minimum absolute atomic E-state index is 0.00163. The van der Waals surface area contributed by atoms with E-state index in [0.717, 1.165) is 5.56 Å². The average Bonchev–Trinajstić information content (AvgIpc) is 2.60. The molecule has 2 rings (SSSR count). The molecule has 128 valence electrons. The molecule has 1 atom stereocenters. The Hall–Kier alpha value is -1.36. The van der Waals surface area contributed by atoms with E-state index < -0.39 is 0 Å². The maximum absolute atomic E-state index is 12.3. The summed E-state index contributed by atoms with van der Waals surface area (Å²) in [6, 6.07) is 5.71. The van der Waals surface area contributed by atoms with Gasteiger partial charge in [-0.15, -0.1) is 11.8 Å². The highest BCUT2D eigenvalue weighted by Gasteiger charge is 2.21. The Morgan fingerprint density at radius 3 is 2.57 bits per heavy atom. The molecule has 1 aromatic carbocycles. The van der Waals surface area contributed by atoms with Gasteiger partial charge in [0.2, 0.25) is 5.91 Å². The number of carbonyl (C=O) groups excluding carboxylic acids is 1. The second-order valence-electron chi connectivity index (χ2n) is 5.95. The summed E-state index contributed by atoms with van der Waals surface area (Å²) in [7, 11) is 3.23. The van der Waals surface area contributed by atoms with Gasteiger partial charge < -0.3 is 14.8 Å². The molecule has 1 unspecified atom stereocenters. The summed E-state index contributed by atoms with van der Waals surface area (Å²) in [6.45, 7) is 2.51. The van der Waals surface area contributed by atoms with Crippen molar-refractivity contribution in [2.45, 2.75) is 56.1 Å². The van der Waals surface area contributed by atoms with Gasteiger partial charge in [-0.1, -0.05) is 25.3 Å². The van der Waals surface area contributed by atoms with Crippen molar-refractivity contribution in [3.63, 3.8) is 0 Å². The van der Waals surface area contributed by atoms with E-state index in [9.17, 15) is 4.79 Å². The van der Waals surface area contributed by atoms with Gasteiger partial charge in [0.05, 0.1) is 19.5 Å². The molecule has 1 aromatic rings. The maximum Gasteiger partial charge on any atom is 0.233 e. The number of hydrogen-bond donors (Lipinski definition) is 1. The van der Waals surface area contributed by atoms with Crippen LogP contribution in [-0.2, 0) is 11.3 Å². The van der Waals surface area contributed by atoms with E-state index in [0.29, 0.717) is 23.3 Å². The first kappa shape index (κ1) is 18.0. The standard InChI is InChI=1S/C18H27NO3S/c1-13(23-15-7-5-4-6-8-15)18(20)19-12-14-9-10-16(21-2)17(11-14)22-3/h9-11,13,15H,4-8,12H2,1-3H3,(H,19,20). The quantitative estimate of drug-likeness (QED) is 0.823. The second-order valence-corrected chi connectivity index (χ2v) is 7.59. The largest absolute Gasteiger partial charge is 0.493 e. The van der Waals surface area contributed by atoms with Crippen molar-refractivity contribution >= 4 is 17.7 Å². The van der Waals surface area contributed by atoms with E-state index >= 15 is 0 Å². The maximum atomic E-state index is 12.3. The molecule has 1 aliphatic rings. The van der Waals surface area contributed by atoms with Gasteiger partial charge in [0, 0.05) is 11.8 Å². The molecule has 0 heterocycles. The van der Waals surface area contributed by atoms with Gasteiger partial charge in [-0.3, -0.25) is 4.79 Å². The molecule has 1 aliphatic carbocycles. The van der Waals surface area contributed by atoms with Crippen LogP contribution in [0.25, 0.3) is 0 Å². The number of benzene rings is 1. The Morgan fingerprint density at radius 1 is 1.22 bits per heavy atom.